The van der Waals surface area contributed by atoms with Gasteiger partial charge < -0.3 is 9.47 Å². The minimum atomic E-state index is -0.893. The lowest BCUT2D eigenvalue weighted by atomic mass is 9.83. The number of hydrogen-bond acceptors (Lipinski definition) is 3. The molecule has 1 fully saturated rings. The number of epoxide rings is 1. The van der Waals surface area contributed by atoms with Crippen LogP contribution in [0.1, 0.15) is 29.2 Å². The van der Waals surface area contributed by atoms with Crippen LogP contribution in [0.2, 0.25) is 0 Å². The standard InChI is InChI=1S/C19H19FO3/c1-4-22-18(21)17-19(23-17,15-8-6-5-7-12(15)2)16-10-9-14(20)11-13(16)3/h5-11,17H,4H2,1-3H3. The largest absolute Gasteiger partial charge is 0.464 e. The molecule has 1 heterocycles. The van der Waals surface area contributed by atoms with Crippen LogP contribution in [-0.4, -0.2) is 18.7 Å². The summed E-state index contributed by atoms with van der Waals surface area (Å²) in [6.07, 6.45) is -0.701. The summed E-state index contributed by atoms with van der Waals surface area (Å²) in [6, 6.07) is 12.3. The molecular formula is C19H19FO3. The van der Waals surface area contributed by atoms with Gasteiger partial charge in [0.1, 0.15) is 5.82 Å². The van der Waals surface area contributed by atoms with Crippen LogP contribution in [-0.2, 0) is 19.9 Å². The summed E-state index contributed by atoms with van der Waals surface area (Å²) in [4.78, 5) is 12.2. The molecule has 3 rings (SSSR count). The summed E-state index contributed by atoms with van der Waals surface area (Å²) in [7, 11) is 0. The molecule has 0 aromatic heterocycles. The summed E-state index contributed by atoms with van der Waals surface area (Å²) in [5, 5.41) is 0. The third kappa shape index (κ3) is 2.53. The van der Waals surface area contributed by atoms with Crippen molar-refractivity contribution in [3.8, 4) is 0 Å². The first-order valence-electron chi connectivity index (χ1n) is 7.68. The number of ether oxygens (including phenoxy) is 2. The summed E-state index contributed by atoms with van der Waals surface area (Å²) < 4.78 is 24.5. The molecule has 0 amide bonds. The van der Waals surface area contributed by atoms with Crippen molar-refractivity contribution < 1.29 is 18.7 Å². The van der Waals surface area contributed by atoms with Crippen LogP contribution in [0.5, 0.6) is 0 Å². The summed E-state index contributed by atoms with van der Waals surface area (Å²) in [5.41, 5.74) is 2.58. The van der Waals surface area contributed by atoms with E-state index in [-0.39, 0.29) is 11.8 Å². The number of rotatable bonds is 4. The highest BCUT2D eigenvalue weighted by atomic mass is 19.1. The number of carbonyl (C=O) groups is 1. The normalized spacial score (nSPS) is 22.7. The fraction of sp³-hybridized carbons (Fsp3) is 0.316. The Bertz CT molecular complexity index is 756. The van der Waals surface area contributed by atoms with Crippen LogP contribution >= 0.6 is 0 Å². The number of halogens is 1. The van der Waals surface area contributed by atoms with Gasteiger partial charge >= 0.3 is 5.97 Å². The molecule has 0 radical (unpaired) electrons. The van der Waals surface area contributed by atoms with Crippen molar-refractivity contribution in [1.82, 2.24) is 0 Å². The quantitative estimate of drug-likeness (QED) is 0.639. The van der Waals surface area contributed by atoms with Gasteiger partial charge in [0.05, 0.1) is 6.61 Å². The fourth-order valence-corrected chi connectivity index (χ4v) is 3.17. The van der Waals surface area contributed by atoms with Gasteiger partial charge in [-0.2, -0.15) is 0 Å². The van der Waals surface area contributed by atoms with Crippen molar-refractivity contribution in [2.45, 2.75) is 32.5 Å². The minimum absolute atomic E-state index is 0.297. The van der Waals surface area contributed by atoms with Crippen molar-refractivity contribution in [2.75, 3.05) is 6.61 Å². The van der Waals surface area contributed by atoms with E-state index in [1.807, 2.05) is 38.1 Å². The molecule has 1 aliphatic rings. The van der Waals surface area contributed by atoms with E-state index in [1.165, 1.54) is 12.1 Å². The highest BCUT2D eigenvalue weighted by Gasteiger charge is 2.65. The third-order valence-electron chi connectivity index (χ3n) is 4.25. The van der Waals surface area contributed by atoms with Gasteiger partial charge in [0, 0.05) is 0 Å². The van der Waals surface area contributed by atoms with E-state index in [0.717, 1.165) is 22.3 Å². The van der Waals surface area contributed by atoms with Crippen molar-refractivity contribution >= 4 is 5.97 Å². The van der Waals surface area contributed by atoms with Gasteiger partial charge in [0.25, 0.3) is 0 Å². The predicted octanol–water partition coefficient (Wildman–Crippen LogP) is 3.65. The van der Waals surface area contributed by atoms with Crippen LogP contribution in [0, 0.1) is 19.7 Å². The molecule has 1 aliphatic heterocycles. The van der Waals surface area contributed by atoms with Gasteiger partial charge in [0.2, 0.25) is 0 Å². The zero-order chi connectivity index (χ0) is 16.6. The Morgan fingerprint density at radius 3 is 2.52 bits per heavy atom. The molecule has 2 aromatic carbocycles. The average molecular weight is 314 g/mol. The number of benzene rings is 2. The summed E-state index contributed by atoms with van der Waals surface area (Å²) in [5.74, 6) is -0.695. The second kappa shape index (κ2) is 5.78. The lowest BCUT2D eigenvalue weighted by Gasteiger charge is -2.18. The van der Waals surface area contributed by atoms with Crippen LogP contribution in [0.15, 0.2) is 42.5 Å². The van der Waals surface area contributed by atoms with Crippen molar-refractivity contribution in [1.29, 1.82) is 0 Å². The molecule has 0 spiro atoms. The van der Waals surface area contributed by atoms with E-state index in [9.17, 15) is 9.18 Å². The first-order chi connectivity index (χ1) is 11.0. The Labute approximate surface area is 135 Å². The second-order valence-electron chi connectivity index (χ2n) is 5.76. The Kier molecular flexibility index (Phi) is 3.94. The predicted molar refractivity (Wildman–Crippen MR) is 84.6 cm³/mol. The van der Waals surface area contributed by atoms with Gasteiger partial charge in [-0.05, 0) is 55.2 Å². The molecule has 2 unspecified atom stereocenters. The van der Waals surface area contributed by atoms with Gasteiger partial charge in [-0.1, -0.05) is 30.3 Å². The van der Waals surface area contributed by atoms with Crippen molar-refractivity contribution in [3.05, 3.63) is 70.5 Å². The van der Waals surface area contributed by atoms with Crippen LogP contribution < -0.4 is 0 Å². The Morgan fingerprint density at radius 1 is 1.17 bits per heavy atom. The molecule has 1 saturated heterocycles. The molecule has 23 heavy (non-hydrogen) atoms. The van der Waals surface area contributed by atoms with E-state index in [4.69, 9.17) is 9.47 Å². The van der Waals surface area contributed by atoms with Crippen molar-refractivity contribution in [3.63, 3.8) is 0 Å². The monoisotopic (exact) mass is 314 g/mol. The number of hydrogen-bond donors (Lipinski definition) is 0. The number of esters is 1. The van der Waals surface area contributed by atoms with Crippen LogP contribution in [0.4, 0.5) is 4.39 Å². The second-order valence-corrected chi connectivity index (χ2v) is 5.76. The first kappa shape index (κ1) is 15.7. The molecule has 120 valence electrons. The Hall–Kier alpha value is -2.20. The maximum Gasteiger partial charge on any atom is 0.339 e. The molecule has 4 heteroatoms. The molecule has 3 nitrogen and oxygen atoms in total. The highest BCUT2D eigenvalue weighted by molar-refractivity contribution is 5.82. The van der Waals surface area contributed by atoms with Gasteiger partial charge in [-0.25, -0.2) is 9.18 Å². The SMILES string of the molecule is CCOC(=O)C1OC1(c1ccccc1C)c1ccc(F)cc1C. The summed E-state index contributed by atoms with van der Waals surface area (Å²) >= 11 is 0. The summed E-state index contributed by atoms with van der Waals surface area (Å²) in [6.45, 7) is 5.85. The zero-order valence-electron chi connectivity index (χ0n) is 13.4. The smallest absolute Gasteiger partial charge is 0.339 e. The first-order valence-corrected chi connectivity index (χ1v) is 7.68. The topological polar surface area (TPSA) is 38.8 Å². The maximum absolute atomic E-state index is 13.5. The van der Waals surface area contributed by atoms with E-state index in [0.29, 0.717) is 6.61 Å². The van der Waals surface area contributed by atoms with E-state index < -0.39 is 11.7 Å². The minimum Gasteiger partial charge on any atom is -0.464 e. The highest BCUT2D eigenvalue weighted by Crippen LogP contribution is 2.54. The molecule has 0 saturated carbocycles. The lowest BCUT2D eigenvalue weighted by Crippen LogP contribution is -2.24. The maximum atomic E-state index is 13.5. The van der Waals surface area contributed by atoms with E-state index in [1.54, 1.807) is 13.0 Å². The zero-order valence-corrected chi connectivity index (χ0v) is 13.4. The van der Waals surface area contributed by atoms with Gasteiger partial charge in [0.15, 0.2) is 11.7 Å². The third-order valence-corrected chi connectivity index (χ3v) is 4.25. The number of carbonyl (C=O) groups excluding carboxylic acids is 1. The van der Waals surface area contributed by atoms with Gasteiger partial charge in [-0.15, -0.1) is 0 Å². The Balaban J connectivity index is 2.13. The molecule has 2 atom stereocenters. The van der Waals surface area contributed by atoms with Gasteiger partial charge in [-0.3, -0.25) is 0 Å². The van der Waals surface area contributed by atoms with Crippen molar-refractivity contribution in [2.24, 2.45) is 0 Å². The fourth-order valence-electron chi connectivity index (χ4n) is 3.17. The van der Waals surface area contributed by atoms with Crippen LogP contribution in [0.25, 0.3) is 0 Å². The van der Waals surface area contributed by atoms with E-state index >= 15 is 0 Å². The molecular weight excluding hydrogens is 295 g/mol. The van der Waals surface area contributed by atoms with Crippen LogP contribution in [0.3, 0.4) is 0 Å². The average Bonchev–Trinajstić information content (AvgIpc) is 3.24. The lowest BCUT2D eigenvalue weighted by molar-refractivity contribution is -0.144. The molecule has 2 aromatic rings. The van der Waals surface area contributed by atoms with E-state index in [2.05, 4.69) is 0 Å². The molecule has 0 bridgehead atoms. The number of aryl methyl sites for hydroxylation is 2. The Morgan fingerprint density at radius 2 is 1.87 bits per heavy atom. The molecule has 0 N–H and O–H groups in total. The molecule has 0 aliphatic carbocycles.